The van der Waals surface area contributed by atoms with E-state index in [2.05, 4.69) is 78.2 Å². The van der Waals surface area contributed by atoms with Gasteiger partial charge in [0.2, 0.25) is 0 Å². The van der Waals surface area contributed by atoms with Gasteiger partial charge in [0.15, 0.2) is 0 Å². The third-order valence-electron chi connectivity index (χ3n) is 3.43. The van der Waals surface area contributed by atoms with Gasteiger partial charge in [-0.2, -0.15) is 0 Å². The number of anilines is 1. The van der Waals surface area contributed by atoms with E-state index in [1.165, 1.54) is 5.56 Å². The molecule has 0 saturated heterocycles. The summed E-state index contributed by atoms with van der Waals surface area (Å²) in [4.78, 5) is 12.2. The predicted octanol–water partition coefficient (Wildman–Crippen LogP) is 5.32. The minimum atomic E-state index is -0.242. The molecule has 0 aromatic heterocycles. The van der Waals surface area contributed by atoms with Crippen molar-refractivity contribution in [2.45, 2.75) is 72.8 Å². The maximum Gasteiger partial charge on any atom is 0.319 e. The van der Waals surface area contributed by atoms with Gasteiger partial charge in [-0.15, -0.1) is 0 Å². The number of benzene rings is 1. The highest BCUT2D eigenvalue weighted by Gasteiger charge is 2.27. The van der Waals surface area contributed by atoms with E-state index in [4.69, 9.17) is 0 Å². The van der Waals surface area contributed by atoms with Crippen LogP contribution in [0, 0.1) is 5.41 Å². The molecule has 1 aromatic carbocycles. The first-order valence-corrected chi connectivity index (χ1v) is 7.98. The molecule has 0 fully saturated rings. The topological polar surface area (TPSA) is 41.1 Å². The van der Waals surface area contributed by atoms with E-state index in [1.807, 2.05) is 12.1 Å². The Morgan fingerprint density at radius 1 is 0.909 bits per heavy atom. The number of rotatable bonds is 3. The molecule has 3 heteroatoms. The average molecular weight is 304 g/mol. The van der Waals surface area contributed by atoms with Crippen molar-refractivity contribution in [2.24, 2.45) is 5.41 Å². The van der Waals surface area contributed by atoms with Crippen LogP contribution in [-0.2, 0) is 5.41 Å². The lowest BCUT2D eigenvalue weighted by Gasteiger charge is -2.33. The lowest BCUT2D eigenvalue weighted by atomic mass is 9.82. The molecule has 0 aliphatic heterocycles. The Kier molecular flexibility index (Phi) is 5.32. The van der Waals surface area contributed by atoms with E-state index < -0.39 is 0 Å². The molecule has 1 rings (SSSR count). The van der Waals surface area contributed by atoms with Crippen LogP contribution in [0.15, 0.2) is 24.3 Å². The lowest BCUT2D eigenvalue weighted by Crippen LogP contribution is -2.47. The number of carbonyl (C=O) groups excluding carboxylic acids is 1. The molecule has 0 saturated carbocycles. The Morgan fingerprint density at radius 3 is 1.82 bits per heavy atom. The Hall–Kier alpha value is -1.51. The summed E-state index contributed by atoms with van der Waals surface area (Å²) in [6.45, 7) is 17.2. The summed E-state index contributed by atoms with van der Waals surface area (Å²) >= 11 is 0. The molecule has 124 valence electrons. The fourth-order valence-electron chi connectivity index (χ4n) is 2.89. The number of nitrogens with one attached hydrogen (secondary N) is 2. The van der Waals surface area contributed by atoms with E-state index >= 15 is 0 Å². The second-order valence-corrected chi connectivity index (χ2v) is 9.03. The second-order valence-electron chi connectivity index (χ2n) is 9.03. The van der Waals surface area contributed by atoms with Gasteiger partial charge in [0.1, 0.15) is 0 Å². The highest BCUT2D eigenvalue weighted by atomic mass is 16.2. The zero-order valence-corrected chi connectivity index (χ0v) is 15.4. The van der Waals surface area contributed by atoms with Crippen molar-refractivity contribution < 1.29 is 4.79 Å². The van der Waals surface area contributed by atoms with E-state index in [0.29, 0.717) is 0 Å². The van der Waals surface area contributed by atoms with Crippen molar-refractivity contribution in [1.82, 2.24) is 5.32 Å². The molecule has 2 N–H and O–H groups in total. The monoisotopic (exact) mass is 304 g/mol. The highest BCUT2D eigenvalue weighted by Crippen LogP contribution is 2.27. The first-order valence-electron chi connectivity index (χ1n) is 7.98. The van der Waals surface area contributed by atoms with Crippen LogP contribution in [0.4, 0.5) is 10.5 Å². The average Bonchev–Trinajstić information content (AvgIpc) is 2.23. The smallest absolute Gasteiger partial charge is 0.319 e. The molecule has 0 bridgehead atoms. The standard InChI is InChI=1S/C19H32N2O/c1-17(2,3)13-19(7,8)21-16(22)20-15-11-9-14(10-12-15)18(4,5)6/h9-12H,13H2,1-8H3,(H2,20,21,22). The van der Waals surface area contributed by atoms with Crippen LogP contribution in [0.25, 0.3) is 0 Å². The van der Waals surface area contributed by atoms with Gasteiger partial charge in [0.05, 0.1) is 0 Å². The largest absolute Gasteiger partial charge is 0.333 e. The molecular weight excluding hydrogens is 272 g/mol. The van der Waals surface area contributed by atoms with Crippen molar-refractivity contribution >= 4 is 11.7 Å². The third kappa shape index (κ3) is 6.50. The molecule has 3 nitrogen and oxygen atoms in total. The molecule has 22 heavy (non-hydrogen) atoms. The van der Waals surface area contributed by atoms with Crippen LogP contribution in [-0.4, -0.2) is 11.6 Å². The summed E-state index contributed by atoms with van der Waals surface area (Å²) in [6, 6.07) is 7.89. The van der Waals surface area contributed by atoms with Gasteiger partial charge in [-0.25, -0.2) is 4.79 Å². The Morgan fingerprint density at radius 2 is 1.41 bits per heavy atom. The Bertz CT molecular complexity index is 502. The summed E-state index contributed by atoms with van der Waals surface area (Å²) < 4.78 is 0. The molecule has 0 spiro atoms. The second kappa shape index (κ2) is 6.31. The van der Waals surface area contributed by atoms with E-state index in [-0.39, 0.29) is 22.4 Å². The number of amides is 2. The summed E-state index contributed by atoms with van der Waals surface area (Å²) in [5, 5.41) is 5.97. The maximum absolute atomic E-state index is 12.2. The number of hydrogen-bond acceptors (Lipinski definition) is 1. The van der Waals surface area contributed by atoms with Gasteiger partial charge in [0.25, 0.3) is 0 Å². The quantitative estimate of drug-likeness (QED) is 0.779. The molecule has 0 heterocycles. The number of urea groups is 1. The van der Waals surface area contributed by atoms with Crippen LogP contribution in [0.5, 0.6) is 0 Å². The van der Waals surface area contributed by atoms with Crippen LogP contribution in [0.2, 0.25) is 0 Å². The van der Waals surface area contributed by atoms with Gasteiger partial charge in [-0.3, -0.25) is 0 Å². The molecule has 1 aromatic rings. The van der Waals surface area contributed by atoms with Gasteiger partial charge in [0, 0.05) is 11.2 Å². The van der Waals surface area contributed by atoms with Crippen LogP contribution < -0.4 is 10.6 Å². The van der Waals surface area contributed by atoms with E-state index in [1.54, 1.807) is 0 Å². The fraction of sp³-hybridized carbons (Fsp3) is 0.632. The fourth-order valence-corrected chi connectivity index (χ4v) is 2.89. The summed E-state index contributed by atoms with van der Waals surface area (Å²) in [5.41, 5.74) is 2.12. The lowest BCUT2D eigenvalue weighted by molar-refractivity contribution is 0.220. The zero-order valence-electron chi connectivity index (χ0n) is 15.4. The third-order valence-corrected chi connectivity index (χ3v) is 3.43. The summed E-state index contributed by atoms with van der Waals surface area (Å²) in [7, 11) is 0. The Balaban J connectivity index is 2.66. The molecule has 0 aliphatic carbocycles. The molecule has 0 aliphatic rings. The first kappa shape index (κ1) is 18.5. The van der Waals surface area contributed by atoms with Crippen LogP contribution >= 0.6 is 0 Å². The molecule has 0 atom stereocenters. The van der Waals surface area contributed by atoms with Crippen molar-refractivity contribution in [3.63, 3.8) is 0 Å². The normalized spacial score (nSPS) is 12.9. The highest BCUT2D eigenvalue weighted by molar-refractivity contribution is 5.89. The van der Waals surface area contributed by atoms with Crippen molar-refractivity contribution in [1.29, 1.82) is 0 Å². The van der Waals surface area contributed by atoms with Gasteiger partial charge in [-0.1, -0.05) is 53.7 Å². The van der Waals surface area contributed by atoms with Crippen LogP contribution in [0.1, 0.15) is 67.4 Å². The van der Waals surface area contributed by atoms with E-state index in [0.717, 1.165) is 12.1 Å². The van der Waals surface area contributed by atoms with Crippen molar-refractivity contribution in [3.8, 4) is 0 Å². The molecule has 2 amide bonds. The molecule has 0 unspecified atom stereocenters. The van der Waals surface area contributed by atoms with Gasteiger partial charge >= 0.3 is 6.03 Å². The first-order chi connectivity index (χ1) is 9.78. The zero-order chi connectivity index (χ0) is 17.2. The van der Waals surface area contributed by atoms with Crippen molar-refractivity contribution in [3.05, 3.63) is 29.8 Å². The predicted molar refractivity (Wildman–Crippen MR) is 95.4 cm³/mol. The number of carbonyl (C=O) groups is 1. The minimum Gasteiger partial charge on any atom is -0.333 e. The number of hydrogen-bond donors (Lipinski definition) is 2. The Labute approximate surface area is 135 Å². The SMILES string of the molecule is CC(C)(C)CC(C)(C)NC(=O)Nc1ccc(C(C)(C)C)cc1. The van der Waals surface area contributed by atoms with Crippen LogP contribution in [0.3, 0.4) is 0 Å². The van der Waals surface area contributed by atoms with Gasteiger partial charge in [-0.05, 0) is 48.8 Å². The summed E-state index contributed by atoms with van der Waals surface area (Å²) in [5.74, 6) is 0. The minimum absolute atomic E-state index is 0.121. The maximum atomic E-state index is 12.2. The summed E-state index contributed by atoms with van der Waals surface area (Å²) in [6.07, 6.45) is 0.913. The van der Waals surface area contributed by atoms with Gasteiger partial charge < -0.3 is 10.6 Å². The van der Waals surface area contributed by atoms with E-state index in [9.17, 15) is 4.79 Å². The van der Waals surface area contributed by atoms with Crippen molar-refractivity contribution in [2.75, 3.05) is 5.32 Å². The molecular formula is C19H32N2O. The molecule has 0 radical (unpaired) electrons.